The van der Waals surface area contributed by atoms with Gasteiger partial charge in [-0.05, 0) is 23.9 Å². The molecular weight excluding hydrogens is 210 g/mol. The molecule has 2 aromatic heterocycles. The van der Waals surface area contributed by atoms with E-state index in [1.165, 1.54) is 18.1 Å². The molecule has 15 heavy (non-hydrogen) atoms. The third-order valence-electron chi connectivity index (χ3n) is 1.50. The summed E-state index contributed by atoms with van der Waals surface area (Å²) < 4.78 is 0. The van der Waals surface area contributed by atoms with E-state index in [1.54, 1.807) is 24.5 Å². The van der Waals surface area contributed by atoms with Crippen LogP contribution < -0.4 is 0 Å². The van der Waals surface area contributed by atoms with Gasteiger partial charge in [-0.1, -0.05) is 0 Å². The predicted octanol–water partition coefficient (Wildman–Crippen LogP) is 1.29. The minimum Gasteiger partial charge on any atom is -0.245 e. The second-order valence-electron chi connectivity index (χ2n) is 2.49. The summed E-state index contributed by atoms with van der Waals surface area (Å²) in [5.41, 5.74) is 0.349. The predicted molar refractivity (Wildman–Crippen MR) is 52.9 cm³/mol. The van der Waals surface area contributed by atoms with Gasteiger partial charge in [0.05, 0.1) is 0 Å². The van der Waals surface area contributed by atoms with Crippen LogP contribution >= 0.6 is 11.8 Å². The fourth-order valence-corrected chi connectivity index (χ4v) is 1.56. The van der Waals surface area contributed by atoms with Crippen molar-refractivity contribution in [2.45, 2.75) is 10.2 Å². The molecular formula is C9H5N5S. The molecule has 0 aliphatic carbocycles. The van der Waals surface area contributed by atoms with E-state index in [1.807, 2.05) is 6.07 Å². The normalized spacial score (nSPS) is 9.53. The topological polar surface area (TPSA) is 75.3 Å². The van der Waals surface area contributed by atoms with Crippen molar-refractivity contribution in [3.05, 3.63) is 36.5 Å². The summed E-state index contributed by atoms with van der Waals surface area (Å²) >= 11 is 1.29. The Balaban J connectivity index is 2.22. The van der Waals surface area contributed by atoms with Gasteiger partial charge >= 0.3 is 0 Å². The van der Waals surface area contributed by atoms with E-state index < -0.39 is 0 Å². The molecule has 2 rings (SSSR count). The molecule has 2 heterocycles. The van der Waals surface area contributed by atoms with E-state index in [4.69, 9.17) is 5.26 Å². The molecule has 72 valence electrons. The molecule has 0 aliphatic rings. The first-order valence-electron chi connectivity index (χ1n) is 4.05. The molecule has 0 bridgehead atoms. The van der Waals surface area contributed by atoms with Gasteiger partial charge in [0, 0.05) is 12.4 Å². The Morgan fingerprint density at radius 3 is 2.87 bits per heavy atom. The number of nitrogens with zero attached hydrogens (tertiary/aromatic N) is 5. The second-order valence-corrected chi connectivity index (χ2v) is 3.47. The highest BCUT2D eigenvalue weighted by Gasteiger charge is 2.01. The Morgan fingerprint density at radius 2 is 2.13 bits per heavy atom. The zero-order valence-electron chi connectivity index (χ0n) is 7.53. The molecule has 2 aromatic rings. The molecule has 0 aliphatic heterocycles. The van der Waals surface area contributed by atoms with E-state index in [0.29, 0.717) is 10.9 Å². The number of rotatable bonds is 2. The molecule has 0 spiro atoms. The van der Waals surface area contributed by atoms with Crippen LogP contribution in [0, 0.1) is 11.3 Å². The van der Waals surface area contributed by atoms with Crippen molar-refractivity contribution in [1.29, 1.82) is 5.26 Å². The van der Waals surface area contributed by atoms with Crippen LogP contribution in [0.4, 0.5) is 0 Å². The Labute approximate surface area is 90.2 Å². The maximum atomic E-state index is 8.65. The van der Waals surface area contributed by atoms with Gasteiger partial charge in [-0.3, -0.25) is 0 Å². The lowest BCUT2D eigenvalue weighted by Gasteiger charge is -1.97. The van der Waals surface area contributed by atoms with Crippen molar-refractivity contribution in [2.24, 2.45) is 0 Å². The molecule has 0 unspecified atom stereocenters. The maximum absolute atomic E-state index is 8.65. The largest absolute Gasteiger partial charge is 0.245 e. The van der Waals surface area contributed by atoms with Crippen LogP contribution in [0.5, 0.6) is 0 Å². The Morgan fingerprint density at radius 1 is 1.20 bits per heavy atom. The monoisotopic (exact) mass is 215 g/mol. The number of hydrogen-bond acceptors (Lipinski definition) is 6. The van der Waals surface area contributed by atoms with E-state index in [9.17, 15) is 0 Å². The van der Waals surface area contributed by atoms with Crippen LogP contribution in [-0.4, -0.2) is 19.9 Å². The molecule has 0 saturated carbocycles. The quantitative estimate of drug-likeness (QED) is 0.555. The number of nitriles is 1. The Bertz CT molecular complexity index is 493. The average Bonchev–Trinajstić information content (AvgIpc) is 2.31. The van der Waals surface area contributed by atoms with Crippen LogP contribution in [-0.2, 0) is 0 Å². The second kappa shape index (κ2) is 4.48. The summed E-state index contributed by atoms with van der Waals surface area (Å²) in [4.78, 5) is 15.9. The molecule has 0 aromatic carbocycles. The molecule has 0 fully saturated rings. The minimum atomic E-state index is 0.349. The van der Waals surface area contributed by atoms with Crippen molar-refractivity contribution < 1.29 is 0 Å². The van der Waals surface area contributed by atoms with Crippen LogP contribution in [0.3, 0.4) is 0 Å². The van der Waals surface area contributed by atoms with Crippen molar-refractivity contribution in [3.63, 3.8) is 0 Å². The minimum absolute atomic E-state index is 0.349. The zero-order valence-corrected chi connectivity index (χ0v) is 8.35. The SMILES string of the molecule is N#Cc1ccnc(Sc2ccncn2)n1. The first-order valence-corrected chi connectivity index (χ1v) is 4.87. The highest BCUT2D eigenvalue weighted by atomic mass is 32.2. The van der Waals surface area contributed by atoms with Crippen molar-refractivity contribution >= 4 is 11.8 Å². The van der Waals surface area contributed by atoms with E-state index >= 15 is 0 Å². The smallest absolute Gasteiger partial charge is 0.195 e. The first kappa shape index (κ1) is 9.55. The first-order chi connectivity index (χ1) is 7.38. The summed E-state index contributed by atoms with van der Waals surface area (Å²) in [6.07, 6.45) is 4.65. The Hall–Kier alpha value is -2.00. The summed E-state index contributed by atoms with van der Waals surface area (Å²) in [6, 6.07) is 5.27. The molecule has 0 amide bonds. The van der Waals surface area contributed by atoms with Crippen LogP contribution in [0.2, 0.25) is 0 Å². The van der Waals surface area contributed by atoms with E-state index in [0.717, 1.165) is 5.03 Å². The highest BCUT2D eigenvalue weighted by Crippen LogP contribution is 2.20. The molecule has 0 saturated heterocycles. The van der Waals surface area contributed by atoms with Gasteiger partial charge in [0.15, 0.2) is 5.16 Å². The van der Waals surface area contributed by atoms with Gasteiger partial charge in [0.2, 0.25) is 0 Å². The van der Waals surface area contributed by atoms with Crippen molar-refractivity contribution in [3.8, 4) is 6.07 Å². The molecule has 0 radical (unpaired) electrons. The summed E-state index contributed by atoms with van der Waals surface area (Å²) in [5.74, 6) is 0. The van der Waals surface area contributed by atoms with Crippen LogP contribution in [0.25, 0.3) is 0 Å². The number of aromatic nitrogens is 4. The lowest BCUT2D eigenvalue weighted by atomic mass is 10.5. The molecule has 0 N–H and O–H groups in total. The van der Waals surface area contributed by atoms with E-state index in [2.05, 4.69) is 19.9 Å². The molecule has 6 heteroatoms. The highest BCUT2D eigenvalue weighted by molar-refractivity contribution is 7.99. The zero-order chi connectivity index (χ0) is 10.5. The van der Waals surface area contributed by atoms with Gasteiger partial charge in [-0.15, -0.1) is 0 Å². The summed E-state index contributed by atoms with van der Waals surface area (Å²) in [5, 5.41) is 9.91. The standard InChI is InChI=1S/C9H5N5S/c10-5-7-1-4-12-9(14-7)15-8-2-3-11-6-13-8/h1-4,6H. The third kappa shape index (κ3) is 2.48. The number of hydrogen-bond donors (Lipinski definition) is 0. The van der Waals surface area contributed by atoms with Gasteiger partial charge in [0.1, 0.15) is 23.1 Å². The molecule has 5 nitrogen and oxygen atoms in total. The fourth-order valence-electron chi connectivity index (χ4n) is 0.885. The fraction of sp³-hybridized carbons (Fsp3) is 0. The van der Waals surface area contributed by atoms with Crippen LogP contribution in [0.15, 0.2) is 41.0 Å². The summed E-state index contributed by atoms with van der Waals surface area (Å²) in [7, 11) is 0. The molecule has 0 atom stereocenters. The van der Waals surface area contributed by atoms with Crippen molar-refractivity contribution in [2.75, 3.05) is 0 Å². The van der Waals surface area contributed by atoms with Gasteiger partial charge < -0.3 is 0 Å². The third-order valence-corrected chi connectivity index (χ3v) is 2.33. The average molecular weight is 215 g/mol. The van der Waals surface area contributed by atoms with Crippen LogP contribution in [0.1, 0.15) is 5.69 Å². The van der Waals surface area contributed by atoms with Gasteiger partial charge in [0.25, 0.3) is 0 Å². The lowest BCUT2D eigenvalue weighted by molar-refractivity contribution is 0.943. The van der Waals surface area contributed by atoms with E-state index in [-0.39, 0.29) is 0 Å². The summed E-state index contributed by atoms with van der Waals surface area (Å²) in [6.45, 7) is 0. The van der Waals surface area contributed by atoms with Gasteiger partial charge in [-0.2, -0.15) is 5.26 Å². The Kier molecular flexibility index (Phi) is 2.85. The lowest BCUT2D eigenvalue weighted by Crippen LogP contribution is -1.89. The van der Waals surface area contributed by atoms with Crippen molar-refractivity contribution in [1.82, 2.24) is 19.9 Å². The maximum Gasteiger partial charge on any atom is 0.195 e. The van der Waals surface area contributed by atoms with Gasteiger partial charge in [-0.25, -0.2) is 19.9 Å².